The average Bonchev–Trinajstić information content (AvgIpc) is 3.30. The van der Waals surface area contributed by atoms with Crippen molar-refractivity contribution < 1.29 is 29.0 Å². The molecule has 3 aliphatic carbocycles. The van der Waals surface area contributed by atoms with Gasteiger partial charge in [-0.25, -0.2) is 0 Å². The first-order valence-corrected chi connectivity index (χ1v) is 16.7. The second-order valence-corrected chi connectivity index (χ2v) is 14.0. The monoisotopic (exact) mass is 718 g/mol. The average molecular weight is 719 g/mol. The number of imide groups is 1. The molecule has 45 heavy (non-hydrogen) atoms. The van der Waals surface area contributed by atoms with E-state index in [0.717, 1.165) is 38.0 Å². The van der Waals surface area contributed by atoms with Crippen molar-refractivity contribution >= 4 is 46.0 Å². The summed E-state index contributed by atoms with van der Waals surface area (Å²) in [6.45, 7) is 4.11. The quantitative estimate of drug-likeness (QED) is 0.199. The molecule has 0 saturated carbocycles. The molecule has 2 aromatic carbocycles. The number of methoxy groups -OCH3 is 1. The maximum Gasteiger partial charge on any atom is 0.233 e. The number of rotatable bonds is 5. The lowest BCUT2D eigenvalue weighted by atomic mass is 9.59. The molecule has 8 nitrogen and oxygen atoms in total. The second kappa shape index (κ2) is 11.7. The Balaban J connectivity index is 1.21. The van der Waals surface area contributed by atoms with E-state index in [2.05, 4.69) is 17.0 Å². The molecule has 2 fully saturated rings. The fourth-order valence-corrected chi connectivity index (χ4v) is 8.84. The Hall–Kier alpha value is -3.57. The fraction of sp³-hybridized carbons (Fsp3) is 0.389. The van der Waals surface area contributed by atoms with Gasteiger partial charge in [0.1, 0.15) is 0 Å². The number of halogens is 1. The zero-order valence-electron chi connectivity index (χ0n) is 25.3. The number of carbonyl (C=O) groups excluding carboxylic acids is 4. The first-order chi connectivity index (χ1) is 21.7. The number of hydrogen-bond donors (Lipinski definition) is 1. The van der Waals surface area contributed by atoms with Gasteiger partial charge in [0, 0.05) is 48.3 Å². The largest absolute Gasteiger partial charge is 0.504 e. The second-order valence-electron chi connectivity index (χ2n) is 12.8. The van der Waals surface area contributed by atoms with Gasteiger partial charge in [0.05, 0.1) is 22.5 Å². The van der Waals surface area contributed by atoms with Gasteiger partial charge in [0.2, 0.25) is 11.8 Å². The predicted octanol–water partition coefficient (Wildman–Crippen LogP) is 5.10. The van der Waals surface area contributed by atoms with E-state index in [1.54, 1.807) is 17.9 Å². The molecule has 7 rings (SSSR count). The first kappa shape index (κ1) is 30.1. The molecular formula is C36H35IN2O6. The number of ether oxygens (including phenoxy) is 1. The van der Waals surface area contributed by atoms with E-state index < -0.39 is 17.8 Å². The molecule has 4 atom stereocenters. The van der Waals surface area contributed by atoms with Crippen LogP contribution in [0.15, 0.2) is 76.9 Å². The van der Waals surface area contributed by atoms with Crippen LogP contribution in [0.3, 0.4) is 0 Å². The number of hydrogen-bond acceptors (Lipinski definition) is 7. The van der Waals surface area contributed by atoms with Crippen molar-refractivity contribution in [1.29, 1.82) is 0 Å². The van der Waals surface area contributed by atoms with E-state index in [4.69, 9.17) is 4.74 Å². The van der Waals surface area contributed by atoms with Crippen molar-refractivity contribution in [3.05, 3.63) is 91.6 Å². The summed E-state index contributed by atoms with van der Waals surface area (Å²) in [5, 5.41) is 10.6. The summed E-state index contributed by atoms with van der Waals surface area (Å²) in [5.41, 5.74) is 4.10. The number of allylic oxidation sites excluding steroid dienone is 6. The number of nitrogens with zero attached hydrogens (tertiary/aromatic N) is 2. The summed E-state index contributed by atoms with van der Waals surface area (Å²) in [6.07, 6.45) is 5.56. The van der Waals surface area contributed by atoms with Crippen LogP contribution < -0.4 is 4.74 Å². The molecule has 1 N–H and O–H groups in total. The lowest BCUT2D eigenvalue weighted by Gasteiger charge is -2.42. The van der Waals surface area contributed by atoms with Gasteiger partial charge < -0.3 is 9.84 Å². The third kappa shape index (κ3) is 4.99. The van der Waals surface area contributed by atoms with E-state index in [-0.39, 0.29) is 53.3 Å². The van der Waals surface area contributed by atoms with E-state index in [0.29, 0.717) is 32.3 Å². The minimum absolute atomic E-state index is 0.00486. The van der Waals surface area contributed by atoms with Crippen molar-refractivity contribution in [2.24, 2.45) is 17.8 Å². The number of carbonyl (C=O) groups is 4. The van der Waals surface area contributed by atoms with Crippen LogP contribution in [-0.2, 0) is 25.7 Å². The van der Waals surface area contributed by atoms with Gasteiger partial charge >= 0.3 is 0 Å². The number of fused-ring (bicyclic) bond motifs is 3. The standard InChI is InChI=1S/C36H35IN2O6/c1-19-14-28(40)26-17-25-23(30(32(26)33(19)41)21-15-27(37)34(42)29(16-21)45-2)8-9-24-31(25)36(44)39(35(24)43)22-10-12-38(13-11-22)18-20-6-4-3-5-7-20/h3-8,14-16,22,24-25,30-31,42H,9-13,17-18H2,1-2H3/t24-,25+,30-,31-/m0/s1. The Morgan fingerprint density at radius 1 is 1.00 bits per heavy atom. The molecule has 0 radical (unpaired) electrons. The minimum Gasteiger partial charge on any atom is -0.504 e. The predicted molar refractivity (Wildman–Crippen MR) is 175 cm³/mol. The SMILES string of the molecule is COc1cc([C@H]2C3=CC[C@@H]4C(=O)N(C5CCN(Cc6ccccc6)CC5)C(=O)[C@@H]4[C@@H]3CC3=C2C(=O)C(C)=CC3=O)cc(I)c1O. The smallest absolute Gasteiger partial charge is 0.233 e. The molecular weight excluding hydrogens is 683 g/mol. The third-order valence-electron chi connectivity index (χ3n) is 10.4. The van der Waals surface area contributed by atoms with Crippen LogP contribution >= 0.6 is 22.6 Å². The molecule has 232 valence electrons. The van der Waals surface area contributed by atoms with Crippen molar-refractivity contribution in [2.75, 3.05) is 20.2 Å². The van der Waals surface area contributed by atoms with Crippen LogP contribution in [0.5, 0.6) is 11.5 Å². The van der Waals surface area contributed by atoms with Crippen molar-refractivity contribution in [2.45, 2.75) is 51.1 Å². The van der Waals surface area contributed by atoms with Crippen LogP contribution in [0, 0.1) is 21.3 Å². The maximum atomic E-state index is 14.3. The van der Waals surface area contributed by atoms with Gasteiger partial charge in [-0.2, -0.15) is 0 Å². The van der Waals surface area contributed by atoms with Gasteiger partial charge in [0.15, 0.2) is 23.1 Å². The Morgan fingerprint density at radius 3 is 2.44 bits per heavy atom. The normalized spacial score (nSPS) is 27.2. The molecule has 2 amide bonds. The van der Waals surface area contributed by atoms with Crippen LogP contribution in [0.25, 0.3) is 0 Å². The highest BCUT2D eigenvalue weighted by atomic mass is 127. The molecule has 2 aromatic rings. The van der Waals surface area contributed by atoms with E-state index >= 15 is 0 Å². The van der Waals surface area contributed by atoms with Crippen LogP contribution in [0.2, 0.25) is 0 Å². The Labute approximate surface area is 275 Å². The van der Waals surface area contributed by atoms with Gasteiger partial charge in [-0.1, -0.05) is 42.0 Å². The minimum atomic E-state index is -0.582. The fourth-order valence-electron chi connectivity index (χ4n) is 8.22. The third-order valence-corrected chi connectivity index (χ3v) is 11.2. The molecule has 2 heterocycles. The van der Waals surface area contributed by atoms with E-state index in [1.165, 1.54) is 18.7 Å². The number of phenolic OH excluding ortho intramolecular Hbond substituents is 1. The summed E-state index contributed by atoms with van der Waals surface area (Å²) in [7, 11) is 1.47. The maximum absolute atomic E-state index is 14.3. The summed E-state index contributed by atoms with van der Waals surface area (Å²) in [5.74, 6) is -2.40. The lowest BCUT2D eigenvalue weighted by Crippen LogP contribution is -2.47. The van der Waals surface area contributed by atoms with E-state index in [9.17, 15) is 24.3 Å². The number of Topliss-reactive ketones (excluding diaryl/α,β-unsaturated/α-hetero) is 1. The number of amides is 2. The molecule has 0 aromatic heterocycles. The van der Waals surface area contributed by atoms with Crippen LogP contribution in [0.4, 0.5) is 0 Å². The van der Waals surface area contributed by atoms with Gasteiger partial charge in [-0.15, -0.1) is 0 Å². The Kier molecular flexibility index (Phi) is 7.80. The first-order valence-electron chi connectivity index (χ1n) is 15.6. The van der Waals surface area contributed by atoms with Crippen molar-refractivity contribution in [3.63, 3.8) is 0 Å². The highest BCUT2D eigenvalue weighted by molar-refractivity contribution is 14.1. The summed E-state index contributed by atoms with van der Waals surface area (Å²) in [6, 6.07) is 13.7. The van der Waals surface area contributed by atoms with E-state index in [1.807, 2.05) is 52.9 Å². The highest BCUT2D eigenvalue weighted by Crippen LogP contribution is 2.56. The summed E-state index contributed by atoms with van der Waals surface area (Å²) < 4.78 is 6.01. The molecule has 9 heteroatoms. The number of likely N-dealkylation sites (tertiary alicyclic amines) is 2. The molecule has 5 aliphatic rings. The summed E-state index contributed by atoms with van der Waals surface area (Å²) >= 11 is 2.03. The highest BCUT2D eigenvalue weighted by Gasteiger charge is 2.57. The molecule has 0 bridgehead atoms. The molecule has 2 aliphatic heterocycles. The number of phenols is 1. The topological polar surface area (TPSA) is 104 Å². The molecule has 0 spiro atoms. The number of ketones is 2. The van der Waals surface area contributed by atoms with Crippen molar-refractivity contribution in [3.8, 4) is 11.5 Å². The van der Waals surface area contributed by atoms with Crippen molar-refractivity contribution in [1.82, 2.24) is 9.80 Å². The van der Waals surface area contributed by atoms with Gasteiger partial charge in [0.25, 0.3) is 0 Å². The number of aromatic hydroxyl groups is 1. The van der Waals surface area contributed by atoms with Crippen LogP contribution in [0.1, 0.15) is 49.7 Å². The van der Waals surface area contributed by atoms with Crippen LogP contribution in [-0.4, -0.2) is 64.5 Å². The lowest BCUT2D eigenvalue weighted by molar-refractivity contribution is -0.144. The summed E-state index contributed by atoms with van der Waals surface area (Å²) in [4.78, 5) is 59.3. The zero-order chi connectivity index (χ0) is 31.6. The Morgan fingerprint density at radius 2 is 1.73 bits per heavy atom. The molecule has 0 unspecified atom stereocenters. The van der Waals surface area contributed by atoms with Gasteiger partial charge in [-0.3, -0.25) is 29.0 Å². The number of piperidine rings is 1. The Bertz CT molecular complexity index is 1720. The molecule has 2 saturated heterocycles. The van der Waals surface area contributed by atoms with Gasteiger partial charge in [-0.05, 0) is 90.5 Å². The zero-order valence-corrected chi connectivity index (χ0v) is 27.5. The number of benzene rings is 2.